The van der Waals surface area contributed by atoms with E-state index in [-0.39, 0.29) is 5.91 Å². The summed E-state index contributed by atoms with van der Waals surface area (Å²) in [4.78, 5) is 27.7. The van der Waals surface area contributed by atoms with Crippen molar-refractivity contribution in [1.29, 1.82) is 0 Å². The van der Waals surface area contributed by atoms with Crippen LogP contribution in [0.3, 0.4) is 0 Å². The molecule has 1 N–H and O–H groups in total. The minimum atomic E-state index is -0.505. The van der Waals surface area contributed by atoms with Gasteiger partial charge in [0.15, 0.2) is 0 Å². The third-order valence-electron chi connectivity index (χ3n) is 2.57. The lowest BCUT2D eigenvalue weighted by Gasteiger charge is -2.09. The fourth-order valence-corrected chi connectivity index (χ4v) is 1.82. The molecule has 2 rings (SSSR count). The van der Waals surface area contributed by atoms with Crippen molar-refractivity contribution in [2.24, 2.45) is 0 Å². The monoisotopic (exact) mass is 334 g/mol. The molecule has 0 aliphatic heterocycles. The van der Waals surface area contributed by atoms with Crippen LogP contribution in [0.15, 0.2) is 47.2 Å². The van der Waals surface area contributed by atoms with Gasteiger partial charge in [-0.2, -0.15) is 0 Å². The summed E-state index contributed by atoms with van der Waals surface area (Å²) in [5.41, 5.74) is 1.09. The van der Waals surface area contributed by atoms with Crippen LogP contribution in [-0.4, -0.2) is 24.0 Å². The number of rotatable bonds is 3. The van der Waals surface area contributed by atoms with E-state index in [4.69, 9.17) is 0 Å². The van der Waals surface area contributed by atoms with E-state index < -0.39 is 5.97 Å². The van der Waals surface area contributed by atoms with Crippen LogP contribution in [0.5, 0.6) is 0 Å². The van der Waals surface area contributed by atoms with Crippen molar-refractivity contribution in [3.05, 3.63) is 58.3 Å². The number of amides is 1. The van der Waals surface area contributed by atoms with Crippen LogP contribution in [-0.2, 0) is 4.74 Å². The third-order valence-corrected chi connectivity index (χ3v) is 3.04. The van der Waals surface area contributed by atoms with E-state index in [0.29, 0.717) is 21.4 Å². The van der Waals surface area contributed by atoms with Crippen LogP contribution in [0, 0.1) is 0 Å². The number of nitrogens with one attached hydrogen (secondary N) is 1. The number of aromatic nitrogens is 1. The Kier molecular flexibility index (Phi) is 4.47. The molecule has 0 atom stereocenters. The topological polar surface area (TPSA) is 68.3 Å². The molecular formula is C14H11BrN2O3. The van der Waals surface area contributed by atoms with Gasteiger partial charge in [-0.3, -0.25) is 4.79 Å². The largest absolute Gasteiger partial charge is 0.465 e. The number of hydrogen-bond donors (Lipinski definition) is 1. The van der Waals surface area contributed by atoms with E-state index in [0.717, 1.165) is 0 Å². The van der Waals surface area contributed by atoms with Gasteiger partial charge in [-0.15, -0.1) is 0 Å². The molecule has 6 heteroatoms. The van der Waals surface area contributed by atoms with Gasteiger partial charge in [0, 0.05) is 6.20 Å². The minimum absolute atomic E-state index is 0.299. The van der Waals surface area contributed by atoms with E-state index >= 15 is 0 Å². The average Bonchev–Trinajstić information content (AvgIpc) is 2.47. The van der Waals surface area contributed by atoms with Gasteiger partial charge in [0.2, 0.25) is 0 Å². The smallest absolute Gasteiger partial charge is 0.339 e. The first-order chi connectivity index (χ1) is 9.61. The number of pyridine rings is 1. The Morgan fingerprint density at radius 2 is 1.95 bits per heavy atom. The average molecular weight is 335 g/mol. The second-order valence-corrected chi connectivity index (χ2v) is 4.67. The molecule has 1 heterocycles. The molecule has 0 aliphatic carbocycles. The SMILES string of the molecule is COC(=O)c1ccccc1NC(=O)c1ccc(Br)nc1. The number of carbonyl (C=O) groups is 2. The predicted molar refractivity (Wildman–Crippen MR) is 77.7 cm³/mol. The highest BCUT2D eigenvalue weighted by Crippen LogP contribution is 2.17. The Morgan fingerprint density at radius 1 is 1.20 bits per heavy atom. The number of para-hydroxylation sites is 1. The van der Waals surface area contributed by atoms with Gasteiger partial charge in [-0.1, -0.05) is 12.1 Å². The van der Waals surface area contributed by atoms with Gasteiger partial charge in [-0.05, 0) is 40.2 Å². The lowest BCUT2D eigenvalue weighted by Crippen LogP contribution is -2.15. The number of benzene rings is 1. The van der Waals surface area contributed by atoms with Crippen LogP contribution in [0.25, 0.3) is 0 Å². The van der Waals surface area contributed by atoms with Crippen LogP contribution in [0.2, 0.25) is 0 Å². The maximum Gasteiger partial charge on any atom is 0.339 e. The maximum atomic E-state index is 12.1. The number of methoxy groups -OCH3 is 1. The van der Waals surface area contributed by atoms with Crippen LogP contribution in [0.4, 0.5) is 5.69 Å². The van der Waals surface area contributed by atoms with Crippen molar-refractivity contribution in [3.8, 4) is 0 Å². The van der Waals surface area contributed by atoms with Crippen molar-refractivity contribution in [2.75, 3.05) is 12.4 Å². The second kappa shape index (κ2) is 6.29. The summed E-state index contributed by atoms with van der Waals surface area (Å²) >= 11 is 3.20. The van der Waals surface area contributed by atoms with Gasteiger partial charge in [0.25, 0.3) is 5.91 Å². The molecule has 0 bridgehead atoms. The predicted octanol–water partition coefficient (Wildman–Crippen LogP) is 2.88. The highest BCUT2D eigenvalue weighted by Gasteiger charge is 2.14. The molecule has 0 fully saturated rings. The molecule has 0 saturated heterocycles. The Bertz CT molecular complexity index is 641. The third kappa shape index (κ3) is 3.21. The first kappa shape index (κ1) is 14.2. The number of hydrogen-bond acceptors (Lipinski definition) is 4. The van der Waals surface area contributed by atoms with E-state index in [1.54, 1.807) is 36.4 Å². The first-order valence-electron chi connectivity index (χ1n) is 5.72. The van der Waals surface area contributed by atoms with Gasteiger partial charge < -0.3 is 10.1 Å². The summed E-state index contributed by atoms with van der Waals surface area (Å²) in [6.07, 6.45) is 1.44. The Balaban J connectivity index is 2.24. The number of anilines is 1. The normalized spacial score (nSPS) is 9.90. The fourth-order valence-electron chi connectivity index (χ4n) is 1.58. The summed E-state index contributed by atoms with van der Waals surface area (Å²) in [7, 11) is 1.29. The molecule has 0 radical (unpaired) electrons. The Hall–Kier alpha value is -2.21. The lowest BCUT2D eigenvalue weighted by atomic mass is 10.1. The highest BCUT2D eigenvalue weighted by molar-refractivity contribution is 9.10. The van der Waals surface area contributed by atoms with Crippen molar-refractivity contribution in [2.45, 2.75) is 0 Å². The summed E-state index contributed by atoms with van der Waals surface area (Å²) in [6.45, 7) is 0. The molecule has 20 heavy (non-hydrogen) atoms. The van der Waals surface area contributed by atoms with Gasteiger partial charge in [0.1, 0.15) is 4.60 Å². The van der Waals surface area contributed by atoms with Crippen molar-refractivity contribution in [1.82, 2.24) is 4.98 Å². The maximum absolute atomic E-state index is 12.1. The van der Waals surface area contributed by atoms with Gasteiger partial charge >= 0.3 is 5.97 Å². The zero-order valence-electron chi connectivity index (χ0n) is 10.6. The summed E-state index contributed by atoms with van der Waals surface area (Å²) in [6, 6.07) is 9.94. The molecular weight excluding hydrogens is 324 g/mol. The van der Waals surface area contributed by atoms with Crippen molar-refractivity contribution < 1.29 is 14.3 Å². The van der Waals surface area contributed by atoms with E-state index in [1.165, 1.54) is 13.3 Å². The second-order valence-electron chi connectivity index (χ2n) is 3.86. The number of carbonyl (C=O) groups excluding carboxylic acids is 2. The first-order valence-corrected chi connectivity index (χ1v) is 6.51. The van der Waals surface area contributed by atoms with Crippen molar-refractivity contribution >= 4 is 33.5 Å². The van der Waals surface area contributed by atoms with Gasteiger partial charge in [0.05, 0.1) is 23.9 Å². The molecule has 1 aromatic heterocycles. The quantitative estimate of drug-likeness (QED) is 0.692. The van der Waals surface area contributed by atoms with E-state index in [1.807, 2.05) is 0 Å². The molecule has 1 aromatic carbocycles. The Labute approximate surface area is 124 Å². The fraction of sp³-hybridized carbons (Fsp3) is 0.0714. The van der Waals surface area contributed by atoms with Crippen LogP contribution in [0.1, 0.15) is 20.7 Å². The molecule has 102 valence electrons. The van der Waals surface area contributed by atoms with Crippen LogP contribution < -0.4 is 5.32 Å². The highest BCUT2D eigenvalue weighted by atomic mass is 79.9. The summed E-state index contributed by atoms with van der Waals surface area (Å²) in [5, 5.41) is 2.67. The zero-order chi connectivity index (χ0) is 14.5. The standard InChI is InChI=1S/C14H11BrN2O3/c1-20-14(19)10-4-2-3-5-11(10)17-13(18)9-6-7-12(15)16-8-9/h2-8H,1H3,(H,17,18). The minimum Gasteiger partial charge on any atom is -0.465 e. The molecule has 0 unspecified atom stereocenters. The van der Waals surface area contributed by atoms with E-state index in [9.17, 15) is 9.59 Å². The molecule has 5 nitrogen and oxygen atoms in total. The number of esters is 1. The van der Waals surface area contributed by atoms with Crippen LogP contribution >= 0.6 is 15.9 Å². The summed E-state index contributed by atoms with van der Waals surface area (Å²) < 4.78 is 5.31. The van der Waals surface area contributed by atoms with Gasteiger partial charge in [-0.25, -0.2) is 9.78 Å². The molecule has 0 aliphatic rings. The summed E-state index contributed by atoms with van der Waals surface area (Å²) in [5.74, 6) is -0.851. The van der Waals surface area contributed by atoms with Crippen molar-refractivity contribution in [3.63, 3.8) is 0 Å². The molecule has 0 spiro atoms. The number of nitrogens with zero attached hydrogens (tertiary/aromatic N) is 1. The number of ether oxygens (including phenoxy) is 1. The zero-order valence-corrected chi connectivity index (χ0v) is 12.2. The molecule has 0 saturated carbocycles. The molecule has 2 aromatic rings. The number of halogens is 1. The Morgan fingerprint density at radius 3 is 2.60 bits per heavy atom. The molecule has 1 amide bonds. The lowest BCUT2D eigenvalue weighted by molar-refractivity contribution is 0.0602. The van der Waals surface area contributed by atoms with E-state index in [2.05, 4.69) is 31.0 Å².